The Morgan fingerprint density at radius 3 is 2.68 bits per heavy atom. The molecule has 0 unspecified atom stereocenters. The fourth-order valence-electron chi connectivity index (χ4n) is 1.53. The maximum absolute atomic E-state index is 13.0. The number of nitrogens with zero attached hydrogens (tertiary/aromatic N) is 1. The predicted molar refractivity (Wildman–Crippen MR) is 89.5 cm³/mol. The molecule has 0 spiro atoms. The third-order valence-electron chi connectivity index (χ3n) is 2.48. The molecule has 0 atom stereocenters. The van der Waals surface area contributed by atoms with Gasteiger partial charge in [-0.05, 0) is 31.0 Å². The van der Waals surface area contributed by atoms with E-state index in [0.717, 1.165) is 37.5 Å². The zero-order chi connectivity index (χ0) is 13.2. The lowest BCUT2D eigenvalue weighted by molar-refractivity contribution is 0.625. The Morgan fingerprint density at radius 1 is 1.26 bits per heavy atom. The highest BCUT2D eigenvalue weighted by Gasteiger charge is 1.97. The van der Waals surface area contributed by atoms with E-state index >= 15 is 0 Å². The van der Waals surface area contributed by atoms with Crippen LogP contribution in [-0.4, -0.2) is 19.0 Å². The highest BCUT2D eigenvalue weighted by molar-refractivity contribution is 14.0. The molecule has 1 aromatic carbocycles. The van der Waals surface area contributed by atoms with E-state index in [4.69, 9.17) is 0 Å². The van der Waals surface area contributed by atoms with Crippen LogP contribution in [0.5, 0.6) is 0 Å². The van der Waals surface area contributed by atoms with Crippen LogP contribution in [0.25, 0.3) is 0 Å². The highest BCUT2D eigenvalue weighted by Crippen LogP contribution is 2.04. The number of benzene rings is 1. The normalized spacial score (nSPS) is 10.8. The van der Waals surface area contributed by atoms with E-state index in [9.17, 15) is 4.39 Å². The largest absolute Gasteiger partial charge is 0.357 e. The Bertz CT molecular complexity index is 383. The van der Waals surface area contributed by atoms with Crippen LogP contribution in [0, 0.1) is 5.82 Å². The smallest absolute Gasteiger partial charge is 0.191 e. The third kappa shape index (κ3) is 8.02. The predicted octanol–water partition coefficient (Wildman–Crippen LogP) is 3.30. The van der Waals surface area contributed by atoms with Crippen molar-refractivity contribution in [2.45, 2.75) is 33.2 Å². The first-order valence-corrected chi connectivity index (χ1v) is 6.53. The molecular weight excluding hydrogens is 356 g/mol. The van der Waals surface area contributed by atoms with Gasteiger partial charge in [-0.2, -0.15) is 0 Å². The summed E-state index contributed by atoms with van der Waals surface area (Å²) in [5, 5.41) is 6.42. The standard InChI is InChI=1S/C14H22FN3.HI/c1-3-5-9-17-14(16-4-2)18-11-12-7-6-8-13(15)10-12;/h6-8,10H,3-5,9,11H2,1-2H3,(H2,16,17,18);1H. The molecule has 0 saturated carbocycles. The Kier molecular flexibility index (Phi) is 10.5. The zero-order valence-corrected chi connectivity index (χ0v) is 13.9. The van der Waals surface area contributed by atoms with E-state index < -0.39 is 0 Å². The van der Waals surface area contributed by atoms with Crippen molar-refractivity contribution in [3.63, 3.8) is 0 Å². The second kappa shape index (κ2) is 11.0. The van der Waals surface area contributed by atoms with Crippen molar-refractivity contribution in [1.82, 2.24) is 10.6 Å². The van der Waals surface area contributed by atoms with Crippen LogP contribution < -0.4 is 10.6 Å². The second-order valence-electron chi connectivity index (χ2n) is 4.11. The molecule has 2 N–H and O–H groups in total. The summed E-state index contributed by atoms with van der Waals surface area (Å²) < 4.78 is 13.0. The Hall–Kier alpha value is -0.850. The van der Waals surface area contributed by atoms with Gasteiger partial charge in [-0.25, -0.2) is 9.38 Å². The molecule has 0 aliphatic heterocycles. The summed E-state index contributed by atoms with van der Waals surface area (Å²) in [7, 11) is 0. The molecule has 0 heterocycles. The van der Waals surface area contributed by atoms with Crippen molar-refractivity contribution in [2.75, 3.05) is 13.1 Å². The molecule has 0 aromatic heterocycles. The van der Waals surface area contributed by atoms with Crippen LogP contribution in [0.4, 0.5) is 4.39 Å². The van der Waals surface area contributed by atoms with Crippen molar-refractivity contribution in [3.8, 4) is 0 Å². The molecule has 0 amide bonds. The Balaban J connectivity index is 0.00000324. The molecule has 108 valence electrons. The minimum atomic E-state index is -0.216. The van der Waals surface area contributed by atoms with Gasteiger partial charge in [0.25, 0.3) is 0 Å². The average Bonchev–Trinajstić information content (AvgIpc) is 2.36. The summed E-state index contributed by atoms with van der Waals surface area (Å²) in [6.07, 6.45) is 2.26. The van der Waals surface area contributed by atoms with Crippen molar-refractivity contribution in [3.05, 3.63) is 35.6 Å². The van der Waals surface area contributed by atoms with Crippen LogP contribution >= 0.6 is 24.0 Å². The maximum atomic E-state index is 13.0. The second-order valence-corrected chi connectivity index (χ2v) is 4.11. The first kappa shape index (κ1) is 18.1. The van der Waals surface area contributed by atoms with E-state index in [1.807, 2.05) is 13.0 Å². The van der Waals surface area contributed by atoms with Gasteiger partial charge in [-0.3, -0.25) is 0 Å². The number of aliphatic imine (C=N–C) groups is 1. The number of hydrogen-bond donors (Lipinski definition) is 2. The van der Waals surface area contributed by atoms with Gasteiger partial charge in [0.2, 0.25) is 0 Å². The molecule has 0 bridgehead atoms. The summed E-state index contributed by atoms with van der Waals surface area (Å²) in [6.45, 7) is 6.39. The van der Waals surface area contributed by atoms with Gasteiger partial charge in [-0.15, -0.1) is 24.0 Å². The van der Waals surface area contributed by atoms with Gasteiger partial charge in [0, 0.05) is 13.1 Å². The molecule has 0 aliphatic rings. The highest BCUT2D eigenvalue weighted by atomic mass is 127. The molecule has 19 heavy (non-hydrogen) atoms. The molecule has 3 nitrogen and oxygen atoms in total. The first-order valence-electron chi connectivity index (χ1n) is 6.53. The van der Waals surface area contributed by atoms with Crippen molar-refractivity contribution in [2.24, 2.45) is 4.99 Å². The van der Waals surface area contributed by atoms with Crippen LogP contribution in [-0.2, 0) is 6.54 Å². The summed E-state index contributed by atoms with van der Waals surface area (Å²) in [4.78, 5) is 4.42. The fraction of sp³-hybridized carbons (Fsp3) is 0.500. The average molecular weight is 379 g/mol. The van der Waals surface area contributed by atoms with E-state index in [1.165, 1.54) is 12.1 Å². The fourth-order valence-corrected chi connectivity index (χ4v) is 1.53. The van der Waals surface area contributed by atoms with Crippen LogP contribution in [0.3, 0.4) is 0 Å². The summed E-state index contributed by atoms with van der Waals surface area (Å²) in [6, 6.07) is 6.54. The van der Waals surface area contributed by atoms with Crippen molar-refractivity contribution < 1.29 is 4.39 Å². The van der Waals surface area contributed by atoms with Crippen LogP contribution in [0.15, 0.2) is 29.3 Å². The quantitative estimate of drug-likeness (QED) is 0.345. The van der Waals surface area contributed by atoms with Gasteiger partial charge >= 0.3 is 0 Å². The lowest BCUT2D eigenvalue weighted by Gasteiger charge is -2.10. The van der Waals surface area contributed by atoms with Crippen LogP contribution in [0.1, 0.15) is 32.3 Å². The lowest BCUT2D eigenvalue weighted by atomic mass is 10.2. The van der Waals surface area contributed by atoms with Gasteiger partial charge in [0.15, 0.2) is 5.96 Å². The number of rotatable bonds is 6. The minimum Gasteiger partial charge on any atom is -0.357 e. The molecule has 0 fully saturated rings. The van der Waals surface area contributed by atoms with Crippen molar-refractivity contribution in [1.29, 1.82) is 0 Å². The van der Waals surface area contributed by atoms with E-state index in [2.05, 4.69) is 22.5 Å². The Morgan fingerprint density at radius 2 is 2.05 bits per heavy atom. The molecular formula is C14H23FIN3. The SMILES string of the molecule is CCCCNC(=NCc1cccc(F)c1)NCC.I. The third-order valence-corrected chi connectivity index (χ3v) is 2.48. The summed E-state index contributed by atoms with van der Waals surface area (Å²) in [5.74, 6) is 0.571. The number of guanidine groups is 1. The molecule has 0 aliphatic carbocycles. The zero-order valence-electron chi connectivity index (χ0n) is 11.6. The van der Waals surface area contributed by atoms with E-state index in [1.54, 1.807) is 6.07 Å². The van der Waals surface area contributed by atoms with E-state index in [0.29, 0.717) is 6.54 Å². The molecule has 0 saturated heterocycles. The van der Waals surface area contributed by atoms with Crippen molar-refractivity contribution >= 4 is 29.9 Å². The number of halogens is 2. The van der Waals surface area contributed by atoms with E-state index in [-0.39, 0.29) is 29.8 Å². The van der Waals surface area contributed by atoms with Crippen LogP contribution in [0.2, 0.25) is 0 Å². The molecule has 0 radical (unpaired) electrons. The molecule has 1 aromatic rings. The minimum absolute atomic E-state index is 0. The summed E-state index contributed by atoms with van der Waals surface area (Å²) in [5.41, 5.74) is 0.877. The first-order chi connectivity index (χ1) is 8.76. The Labute approximate surface area is 132 Å². The monoisotopic (exact) mass is 379 g/mol. The molecule has 1 rings (SSSR count). The van der Waals surface area contributed by atoms with Gasteiger partial charge in [-0.1, -0.05) is 25.5 Å². The lowest BCUT2D eigenvalue weighted by Crippen LogP contribution is -2.37. The van der Waals surface area contributed by atoms with Gasteiger partial charge in [0.1, 0.15) is 5.82 Å². The number of hydrogen-bond acceptors (Lipinski definition) is 1. The topological polar surface area (TPSA) is 36.4 Å². The van der Waals surface area contributed by atoms with Gasteiger partial charge in [0.05, 0.1) is 6.54 Å². The number of nitrogens with one attached hydrogen (secondary N) is 2. The maximum Gasteiger partial charge on any atom is 0.191 e. The number of unbranched alkanes of at least 4 members (excludes halogenated alkanes) is 1. The summed E-state index contributed by atoms with van der Waals surface area (Å²) >= 11 is 0. The molecule has 5 heteroatoms. The van der Waals surface area contributed by atoms with Gasteiger partial charge < -0.3 is 10.6 Å².